The van der Waals surface area contributed by atoms with Gasteiger partial charge < -0.3 is 10.2 Å². The molecule has 1 aromatic heterocycles. The molecule has 4 nitrogen and oxygen atoms in total. The lowest BCUT2D eigenvalue weighted by Crippen LogP contribution is -2.50. The number of hydrogen-bond acceptors (Lipinski definition) is 3. The summed E-state index contributed by atoms with van der Waals surface area (Å²) in [5.74, 6) is 3.36. The van der Waals surface area contributed by atoms with Crippen molar-refractivity contribution < 1.29 is 0 Å². The summed E-state index contributed by atoms with van der Waals surface area (Å²) in [5.41, 5.74) is 0. The van der Waals surface area contributed by atoms with Crippen LogP contribution < -0.4 is 5.32 Å². The lowest BCUT2D eigenvalue weighted by Gasteiger charge is -2.38. The minimum atomic E-state index is 0.727. The lowest BCUT2D eigenvalue weighted by atomic mass is 9.92. The molecule has 2 aliphatic heterocycles. The number of hydrogen-bond donors (Lipinski definition) is 1. The minimum absolute atomic E-state index is 0.727. The van der Waals surface area contributed by atoms with Gasteiger partial charge in [-0.1, -0.05) is 19.9 Å². The molecule has 2 aliphatic rings. The first-order chi connectivity index (χ1) is 12.1. The van der Waals surface area contributed by atoms with Crippen LogP contribution in [0.3, 0.4) is 0 Å². The summed E-state index contributed by atoms with van der Waals surface area (Å²) in [5, 5.41) is 5.86. The first-order valence-corrected chi connectivity index (χ1v) is 10.7. The monoisotopic (exact) mass is 362 g/mol. The molecule has 0 amide bonds. The van der Waals surface area contributed by atoms with Crippen molar-refractivity contribution in [3.8, 4) is 0 Å². The van der Waals surface area contributed by atoms with Gasteiger partial charge in [-0.05, 0) is 55.0 Å². The summed E-state index contributed by atoms with van der Waals surface area (Å²) in [6, 6.07) is 4.42. The van der Waals surface area contributed by atoms with Crippen molar-refractivity contribution in [2.24, 2.45) is 22.7 Å². The quantitative estimate of drug-likeness (QED) is 0.657. The van der Waals surface area contributed by atoms with Crippen LogP contribution in [-0.4, -0.2) is 55.5 Å². The molecule has 2 saturated heterocycles. The van der Waals surface area contributed by atoms with Gasteiger partial charge in [0.05, 0.1) is 0 Å². The number of likely N-dealkylation sites (tertiary alicyclic amines) is 2. The summed E-state index contributed by atoms with van der Waals surface area (Å²) in [6.07, 6.45) is 3.99. The van der Waals surface area contributed by atoms with Gasteiger partial charge in [-0.3, -0.25) is 9.89 Å². The average Bonchev–Trinajstić information content (AvgIpc) is 3.08. The normalized spacial score (nSPS) is 29.0. The first-order valence-electron chi connectivity index (χ1n) is 9.84. The van der Waals surface area contributed by atoms with Crippen LogP contribution in [0.5, 0.6) is 0 Å². The maximum absolute atomic E-state index is 4.56. The van der Waals surface area contributed by atoms with Gasteiger partial charge >= 0.3 is 0 Å². The molecule has 0 aliphatic carbocycles. The number of piperidine rings is 2. The summed E-state index contributed by atoms with van der Waals surface area (Å²) >= 11 is 1.88. The van der Waals surface area contributed by atoms with Crippen molar-refractivity contribution in [2.45, 2.75) is 39.7 Å². The van der Waals surface area contributed by atoms with E-state index in [1.807, 2.05) is 18.4 Å². The molecule has 2 fully saturated rings. The Morgan fingerprint density at radius 2 is 2.08 bits per heavy atom. The molecule has 5 heteroatoms. The summed E-state index contributed by atoms with van der Waals surface area (Å²) in [6.45, 7) is 11.6. The largest absolute Gasteiger partial charge is 0.356 e. The van der Waals surface area contributed by atoms with Gasteiger partial charge in [0.15, 0.2) is 5.96 Å². The van der Waals surface area contributed by atoms with E-state index in [2.05, 4.69) is 51.5 Å². The zero-order valence-corrected chi connectivity index (χ0v) is 16.9. The third-order valence-corrected chi connectivity index (χ3v) is 6.35. The zero-order valence-electron chi connectivity index (χ0n) is 16.1. The van der Waals surface area contributed by atoms with E-state index in [1.165, 1.54) is 37.2 Å². The van der Waals surface area contributed by atoms with Gasteiger partial charge in [0, 0.05) is 44.6 Å². The molecule has 0 spiro atoms. The van der Waals surface area contributed by atoms with E-state index in [1.54, 1.807) is 0 Å². The topological polar surface area (TPSA) is 30.9 Å². The van der Waals surface area contributed by atoms with Crippen LogP contribution in [0.25, 0.3) is 0 Å². The van der Waals surface area contributed by atoms with Crippen LogP contribution in [0.15, 0.2) is 22.5 Å². The standard InChI is InChI=1S/C20H34N4S/c1-16-10-17(2)13-24(12-16)20(21-3)22-11-18-6-4-8-23(14-18)15-19-7-5-9-25-19/h5,7,9,16-18H,4,6,8,10-15H2,1-3H3,(H,21,22). The fraction of sp³-hybridized carbons (Fsp3) is 0.750. The Morgan fingerprint density at radius 3 is 2.76 bits per heavy atom. The number of rotatable bonds is 4. The third-order valence-electron chi connectivity index (χ3n) is 5.49. The Bertz CT molecular complexity index is 532. The zero-order chi connectivity index (χ0) is 17.6. The molecule has 0 bridgehead atoms. The fourth-order valence-corrected chi connectivity index (χ4v) is 5.23. The molecule has 3 rings (SSSR count). The van der Waals surface area contributed by atoms with E-state index in [0.717, 1.165) is 49.9 Å². The SMILES string of the molecule is CN=C(NCC1CCCN(Cc2cccs2)C1)N1CC(C)CC(C)C1. The van der Waals surface area contributed by atoms with E-state index in [-0.39, 0.29) is 0 Å². The first kappa shape index (κ1) is 18.7. The molecule has 0 saturated carbocycles. The van der Waals surface area contributed by atoms with Gasteiger partial charge in [0.1, 0.15) is 0 Å². The van der Waals surface area contributed by atoms with Gasteiger partial charge in [0.25, 0.3) is 0 Å². The van der Waals surface area contributed by atoms with E-state index in [0.29, 0.717) is 0 Å². The molecular formula is C20H34N4S. The highest BCUT2D eigenvalue weighted by Gasteiger charge is 2.25. The molecule has 3 heterocycles. The van der Waals surface area contributed by atoms with Crippen LogP contribution in [0.2, 0.25) is 0 Å². The Hall–Kier alpha value is -1.07. The molecule has 0 aromatic carbocycles. The second-order valence-electron chi connectivity index (χ2n) is 8.10. The van der Waals surface area contributed by atoms with Gasteiger partial charge in [-0.2, -0.15) is 0 Å². The Morgan fingerprint density at radius 1 is 1.28 bits per heavy atom. The second kappa shape index (κ2) is 9.04. The summed E-state index contributed by atoms with van der Waals surface area (Å²) < 4.78 is 0. The highest BCUT2D eigenvalue weighted by molar-refractivity contribution is 7.09. The molecule has 1 aromatic rings. The maximum atomic E-state index is 4.56. The lowest BCUT2D eigenvalue weighted by molar-refractivity contribution is 0.167. The molecule has 140 valence electrons. The van der Waals surface area contributed by atoms with Crippen LogP contribution in [0, 0.1) is 17.8 Å². The van der Waals surface area contributed by atoms with Crippen LogP contribution >= 0.6 is 11.3 Å². The number of nitrogens with one attached hydrogen (secondary N) is 1. The highest BCUT2D eigenvalue weighted by atomic mass is 32.1. The number of thiophene rings is 1. The van der Waals surface area contributed by atoms with Gasteiger partial charge in [-0.25, -0.2) is 0 Å². The van der Waals surface area contributed by atoms with E-state index in [9.17, 15) is 0 Å². The van der Waals surface area contributed by atoms with Crippen LogP contribution in [0.1, 0.15) is 38.0 Å². The molecule has 3 atom stereocenters. The van der Waals surface area contributed by atoms with E-state index < -0.39 is 0 Å². The van der Waals surface area contributed by atoms with E-state index in [4.69, 9.17) is 0 Å². The molecule has 0 radical (unpaired) electrons. The Kier molecular flexibility index (Phi) is 6.77. The fourth-order valence-electron chi connectivity index (χ4n) is 4.49. The van der Waals surface area contributed by atoms with Crippen molar-refractivity contribution in [1.82, 2.24) is 15.1 Å². The minimum Gasteiger partial charge on any atom is -0.356 e. The summed E-state index contributed by atoms with van der Waals surface area (Å²) in [7, 11) is 1.93. The summed E-state index contributed by atoms with van der Waals surface area (Å²) in [4.78, 5) is 11.1. The highest BCUT2D eigenvalue weighted by Crippen LogP contribution is 2.22. The van der Waals surface area contributed by atoms with Gasteiger partial charge in [0.2, 0.25) is 0 Å². The molecule has 25 heavy (non-hydrogen) atoms. The predicted molar refractivity (Wildman–Crippen MR) is 108 cm³/mol. The van der Waals surface area contributed by atoms with Crippen molar-refractivity contribution in [2.75, 3.05) is 39.8 Å². The second-order valence-corrected chi connectivity index (χ2v) is 9.13. The number of guanidine groups is 1. The average molecular weight is 363 g/mol. The van der Waals surface area contributed by atoms with Crippen LogP contribution in [0.4, 0.5) is 0 Å². The van der Waals surface area contributed by atoms with Crippen molar-refractivity contribution in [3.05, 3.63) is 22.4 Å². The number of aliphatic imine (C=N–C) groups is 1. The molecule has 3 unspecified atom stereocenters. The third kappa shape index (κ3) is 5.45. The number of nitrogens with zero attached hydrogens (tertiary/aromatic N) is 3. The van der Waals surface area contributed by atoms with Crippen LogP contribution in [-0.2, 0) is 6.54 Å². The van der Waals surface area contributed by atoms with Crippen molar-refractivity contribution in [3.63, 3.8) is 0 Å². The molecule has 1 N–H and O–H groups in total. The van der Waals surface area contributed by atoms with Crippen molar-refractivity contribution in [1.29, 1.82) is 0 Å². The molecular weight excluding hydrogens is 328 g/mol. The maximum Gasteiger partial charge on any atom is 0.193 e. The Labute approximate surface area is 157 Å². The predicted octanol–water partition coefficient (Wildman–Crippen LogP) is 3.51. The van der Waals surface area contributed by atoms with Crippen molar-refractivity contribution >= 4 is 17.3 Å². The Balaban J connectivity index is 1.48. The van der Waals surface area contributed by atoms with E-state index >= 15 is 0 Å². The van der Waals surface area contributed by atoms with Gasteiger partial charge in [-0.15, -0.1) is 11.3 Å². The smallest absolute Gasteiger partial charge is 0.193 e.